The standard InChI is InChI=1S/C15H19N3O2/c1-10-14(18-15(2,3)9-8-13(19)20)17-12-7-5-4-6-11(12)16-10/h4-7H,8-9H2,1-3H3,(H,17,18)(H,19,20). The molecular weight excluding hydrogens is 254 g/mol. The van der Waals surface area contributed by atoms with E-state index in [1.165, 1.54) is 0 Å². The van der Waals surface area contributed by atoms with Crippen LogP contribution < -0.4 is 5.32 Å². The summed E-state index contributed by atoms with van der Waals surface area (Å²) in [6.07, 6.45) is 0.649. The highest BCUT2D eigenvalue weighted by atomic mass is 16.4. The molecule has 1 aromatic carbocycles. The predicted molar refractivity (Wildman–Crippen MR) is 78.8 cm³/mol. The maximum Gasteiger partial charge on any atom is 0.303 e. The number of rotatable bonds is 5. The number of hydrogen-bond donors (Lipinski definition) is 2. The van der Waals surface area contributed by atoms with Crippen molar-refractivity contribution in [2.45, 2.75) is 39.2 Å². The molecule has 0 atom stereocenters. The molecule has 0 amide bonds. The lowest BCUT2D eigenvalue weighted by Crippen LogP contribution is -2.32. The van der Waals surface area contributed by atoms with E-state index >= 15 is 0 Å². The molecule has 0 aliphatic heterocycles. The van der Waals surface area contributed by atoms with Crippen molar-refractivity contribution < 1.29 is 9.90 Å². The second-order valence-electron chi connectivity index (χ2n) is 5.55. The van der Waals surface area contributed by atoms with E-state index in [-0.39, 0.29) is 12.0 Å². The number of aromatic nitrogens is 2. The summed E-state index contributed by atoms with van der Waals surface area (Å²) < 4.78 is 0. The normalized spacial score (nSPS) is 11.6. The second-order valence-corrected chi connectivity index (χ2v) is 5.55. The van der Waals surface area contributed by atoms with Crippen molar-refractivity contribution in [1.29, 1.82) is 0 Å². The number of nitrogens with one attached hydrogen (secondary N) is 1. The molecule has 0 aliphatic rings. The zero-order chi connectivity index (χ0) is 14.8. The molecule has 2 rings (SSSR count). The fraction of sp³-hybridized carbons (Fsp3) is 0.400. The Morgan fingerprint density at radius 1 is 1.25 bits per heavy atom. The summed E-state index contributed by atoms with van der Waals surface area (Å²) in [7, 11) is 0. The Bertz CT molecular complexity index is 638. The van der Waals surface area contributed by atoms with Crippen LogP contribution in [0.1, 0.15) is 32.4 Å². The van der Waals surface area contributed by atoms with Crippen molar-refractivity contribution in [3.05, 3.63) is 30.0 Å². The van der Waals surface area contributed by atoms with Gasteiger partial charge in [-0.1, -0.05) is 12.1 Å². The number of hydrogen-bond acceptors (Lipinski definition) is 4. The first-order valence-electron chi connectivity index (χ1n) is 6.61. The summed E-state index contributed by atoms with van der Waals surface area (Å²) in [5.41, 5.74) is 2.15. The highest BCUT2D eigenvalue weighted by molar-refractivity contribution is 5.76. The van der Waals surface area contributed by atoms with E-state index in [1.54, 1.807) is 0 Å². The number of aliphatic carboxylic acids is 1. The van der Waals surface area contributed by atoms with Crippen LogP contribution in [0, 0.1) is 6.92 Å². The smallest absolute Gasteiger partial charge is 0.303 e. The number of carboxylic acids is 1. The molecule has 5 nitrogen and oxygen atoms in total. The molecule has 2 aromatic rings. The van der Waals surface area contributed by atoms with Gasteiger partial charge in [0, 0.05) is 12.0 Å². The Hall–Kier alpha value is -2.17. The number of carboxylic acid groups (broad SMARTS) is 1. The third-order valence-corrected chi connectivity index (χ3v) is 3.17. The molecule has 1 aromatic heterocycles. The van der Waals surface area contributed by atoms with Gasteiger partial charge in [0.25, 0.3) is 0 Å². The molecule has 0 bridgehead atoms. The molecule has 20 heavy (non-hydrogen) atoms. The molecule has 0 saturated heterocycles. The molecule has 5 heteroatoms. The van der Waals surface area contributed by atoms with Crippen molar-refractivity contribution in [2.24, 2.45) is 0 Å². The number of nitrogens with zero attached hydrogens (tertiary/aromatic N) is 2. The Morgan fingerprint density at radius 2 is 1.85 bits per heavy atom. The molecule has 2 N–H and O–H groups in total. The molecule has 0 aliphatic carbocycles. The summed E-state index contributed by atoms with van der Waals surface area (Å²) in [5.74, 6) is -0.0831. The quantitative estimate of drug-likeness (QED) is 0.876. The first-order valence-corrected chi connectivity index (χ1v) is 6.61. The third-order valence-electron chi connectivity index (χ3n) is 3.17. The van der Waals surface area contributed by atoms with Gasteiger partial charge < -0.3 is 10.4 Å². The monoisotopic (exact) mass is 273 g/mol. The Balaban J connectivity index is 2.24. The molecule has 1 heterocycles. The SMILES string of the molecule is Cc1nc2ccccc2nc1NC(C)(C)CCC(=O)O. The summed E-state index contributed by atoms with van der Waals surface area (Å²) in [6, 6.07) is 7.69. The Labute approximate surface area is 118 Å². The third kappa shape index (κ3) is 3.44. The number of anilines is 1. The van der Waals surface area contributed by atoms with Crippen molar-refractivity contribution in [3.63, 3.8) is 0 Å². The Kier molecular flexibility index (Phi) is 3.88. The maximum atomic E-state index is 10.7. The number of benzene rings is 1. The van der Waals surface area contributed by atoms with E-state index in [0.29, 0.717) is 12.2 Å². The topological polar surface area (TPSA) is 75.1 Å². The number of fused-ring (bicyclic) bond motifs is 1. The molecule has 0 unspecified atom stereocenters. The largest absolute Gasteiger partial charge is 0.481 e. The maximum absolute atomic E-state index is 10.7. The van der Waals surface area contributed by atoms with Gasteiger partial charge in [-0.25, -0.2) is 9.97 Å². The van der Waals surface area contributed by atoms with Gasteiger partial charge in [-0.3, -0.25) is 4.79 Å². The van der Waals surface area contributed by atoms with Crippen molar-refractivity contribution in [1.82, 2.24) is 9.97 Å². The van der Waals surface area contributed by atoms with Crippen LogP contribution in [0.3, 0.4) is 0 Å². The van der Waals surface area contributed by atoms with Gasteiger partial charge >= 0.3 is 5.97 Å². The van der Waals surface area contributed by atoms with Crippen LogP contribution in [0.15, 0.2) is 24.3 Å². The van der Waals surface area contributed by atoms with Crippen molar-refractivity contribution >= 4 is 22.8 Å². The van der Waals surface area contributed by atoms with Crippen LogP contribution in [0.2, 0.25) is 0 Å². The molecule has 106 valence electrons. The van der Waals surface area contributed by atoms with E-state index in [0.717, 1.165) is 16.7 Å². The molecule has 0 spiro atoms. The molecular formula is C15H19N3O2. The average Bonchev–Trinajstić information content (AvgIpc) is 2.37. The zero-order valence-corrected chi connectivity index (χ0v) is 12.0. The van der Waals surface area contributed by atoms with Gasteiger partial charge in [0.15, 0.2) is 0 Å². The van der Waals surface area contributed by atoms with Gasteiger partial charge in [-0.15, -0.1) is 0 Å². The van der Waals surface area contributed by atoms with Crippen LogP contribution in [0.5, 0.6) is 0 Å². The summed E-state index contributed by atoms with van der Waals surface area (Å²) >= 11 is 0. The predicted octanol–water partition coefficient (Wildman–Crippen LogP) is 2.99. The minimum Gasteiger partial charge on any atom is -0.481 e. The van der Waals surface area contributed by atoms with Gasteiger partial charge in [0.2, 0.25) is 0 Å². The lowest BCUT2D eigenvalue weighted by Gasteiger charge is -2.27. The lowest BCUT2D eigenvalue weighted by molar-refractivity contribution is -0.137. The van der Waals surface area contributed by atoms with Gasteiger partial charge in [0.1, 0.15) is 5.82 Å². The lowest BCUT2D eigenvalue weighted by atomic mass is 9.98. The first kappa shape index (κ1) is 14.2. The number of aryl methyl sites for hydroxylation is 1. The minimum absolute atomic E-state index is 0.125. The highest BCUT2D eigenvalue weighted by Gasteiger charge is 2.20. The fourth-order valence-corrected chi connectivity index (χ4v) is 2.01. The molecule has 0 radical (unpaired) electrons. The molecule has 0 fully saturated rings. The van der Waals surface area contributed by atoms with Crippen LogP contribution in [0.25, 0.3) is 11.0 Å². The van der Waals surface area contributed by atoms with E-state index in [2.05, 4.69) is 15.3 Å². The number of para-hydroxylation sites is 2. The van der Waals surface area contributed by atoms with E-state index in [1.807, 2.05) is 45.0 Å². The number of carbonyl (C=O) groups is 1. The molecule has 0 saturated carbocycles. The van der Waals surface area contributed by atoms with Gasteiger partial charge in [-0.2, -0.15) is 0 Å². The second kappa shape index (κ2) is 5.45. The van der Waals surface area contributed by atoms with Crippen LogP contribution >= 0.6 is 0 Å². The highest BCUT2D eigenvalue weighted by Crippen LogP contribution is 2.22. The van der Waals surface area contributed by atoms with E-state index < -0.39 is 5.97 Å². The van der Waals surface area contributed by atoms with E-state index in [4.69, 9.17) is 5.11 Å². The summed E-state index contributed by atoms with van der Waals surface area (Å²) in [5, 5.41) is 12.1. The zero-order valence-electron chi connectivity index (χ0n) is 12.0. The fourth-order valence-electron chi connectivity index (χ4n) is 2.01. The van der Waals surface area contributed by atoms with Gasteiger partial charge in [0.05, 0.1) is 16.7 Å². The van der Waals surface area contributed by atoms with Crippen LogP contribution in [-0.2, 0) is 4.79 Å². The van der Waals surface area contributed by atoms with E-state index in [9.17, 15) is 4.79 Å². The summed E-state index contributed by atoms with van der Waals surface area (Å²) in [6.45, 7) is 5.83. The minimum atomic E-state index is -0.791. The summed E-state index contributed by atoms with van der Waals surface area (Å²) in [4.78, 5) is 19.8. The average molecular weight is 273 g/mol. The van der Waals surface area contributed by atoms with Crippen molar-refractivity contribution in [2.75, 3.05) is 5.32 Å². The van der Waals surface area contributed by atoms with Crippen LogP contribution in [-0.4, -0.2) is 26.6 Å². The van der Waals surface area contributed by atoms with Crippen molar-refractivity contribution in [3.8, 4) is 0 Å². The first-order chi connectivity index (χ1) is 9.37. The van der Waals surface area contributed by atoms with Gasteiger partial charge in [-0.05, 0) is 39.3 Å². The Morgan fingerprint density at radius 3 is 2.45 bits per heavy atom. The van der Waals surface area contributed by atoms with Crippen LogP contribution in [0.4, 0.5) is 5.82 Å².